The fourth-order valence-electron chi connectivity index (χ4n) is 3.85. The fraction of sp³-hybridized carbons (Fsp3) is 0.632. The van der Waals surface area contributed by atoms with E-state index in [4.69, 9.17) is 0 Å². The molecule has 0 radical (unpaired) electrons. The van der Waals surface area contributed by atoms with E-state index in [1.54, 1.807) is 12.1 Å². The minimum absolute atomic E-state index is 0.00555. The van der Waals surface area contributed by atoms with Crippen LogP contribution >= 0.6 is 0 Å². The molecule has 1 amide bonds. The van der Waals surface area contributed by atoms with E-state index in [9.17, 15) is 17.6 Å². The Morgan fingerprint density at radius 2 is 1.89 bits per heavy atom. The maximum Gasteiger partial charge on any atom is 0.237 e. The highest BCUT2D eigenvalue weighted by Gasteiger charge is 2.34. The molecule has 150 valence electrons. The molecule has 1 N–H and O–H groups in total. The van der Waals surface area contributed by atoms with Crippen LogP contribution in [0.2, 0.25) is 0 Å². The van der Waals surface area contributed by atoms with Crippen LogP contribution in [0.5, 0.6) is 0 Å². The molecule has 2 heterocycles. The van der Waals surface area contributed by atoms with Crippen molar-refractivity contribution < 1.29 is 17.6 Å². The van der Waals surface area contributed by atoms with Gasteiger partial charge in [0.25, 0.3) is 0 Å². The number of nitrogens with zero attached hydrogens (tertiary/aromatic N) is 2. The molecule has 1 aromatic carbocycles. The molecule has 1 aromatic rings. The summed E-state index contributed by atoms with van der Waals surface area (Å²) in [5.74, 6) is 0.303. The summed E-state index contributed by atoms with van der Waals surface area (Å²) in [5, 5.41) is 2.95. The molecule has 0 unspecified atom stereocenters. The van der Waals surface area contributed by atoms with Crippen LogP contribution in [0.25, 0.3) is 0 Å². The lowest BCUT2D eigenvalue weighted by molar-refractivity contribution is -0.126. The smallest absolute Gasteiger partial charge is 0.237 e. The average Bonchev–Trinajstić information content (AvgIpc) is 3.02. The lowest BCUT2D eigenvalue weighted by Gasteiger charge is -2.39. The number of piperazine rings is 1. The molecule has 27 heavy (non-hydrogen) atoms. The SMILES string of the molecule is C[C@H](C(=O)NCCc1ccc(F)cc1)N1CCN([C@H]2CCS(=O)(=O)C2)CC1. The number of halogens is 1. The van der Waals surface area contributed by atoms with E-state index >= 15 is 0 Å². The van der Waals surface area contributed by atoms with E-state index < -0.39 is 9.84 Å². The summed E-state index contributed by atoms with van der Waals surface area (Å²) in [6.07, 6.45) is 1.39. The van der Waals surface area contributed by atoms with E-state index in [1.807, 2.05) is 6.92 Å². The number of hydrogen-bond donors (Lipinski definition) is 1. The third-order valence-electron chi connectivity index (χ3n) is 5.63. The van der Waals surface area contributed by atoms with E-state index in [0.717, 1.165) is 38.2 Å². The molecule has 2 fully saturated rings. The molecule has 0 bridgehead atoms. The summed E-state index contributed by atoms with van der Waals surface area (Å²) in [6.45, 7) is 5.56. The van der Waals surface area contributed by atoms with Gasteiger partial charge in [0.15, 0.2) is 9.84 Å². The van der Waals surface area contributed by atoms with Crippen LogP contribution in [0.15, 0.2) is 24.3 Å². The first kappa shape index (κ1) is 20.2. The van der Waals surface area contributed by atoms with Crippen molar-refractivity contribution in [2.45, 2.75) is 31.8 Å². The highest BCUT2D eigenvalue weighted by molar-refractivity contribution is 7.91. The predicted molar refractivity (Wildman–Crippen MR) is 103 cm³/mol. The highest BCUT2D eigenvalue weighted by Crippen LogP contribution is 2.19. The second-order valence-corrected chi connectivity index (χ2v) is 9.70. The van der Waals surface area contributed by atoms with Gasteiger partial charge in [-0.1, -0.05) is 12.1 Å². The molecular weight excluding hydrogens is 369 g/mol. The van der Waals surface area contributed by atoms with E-state index in [0.29, 0.717) is 18.7 Å². The van der Waals surface area contributed by atoms with Gasteiger partial charge in [-0.3, -0.25) is 14.6 Å². The second-order valence-electron chi connectivity index (χ2n) is 7.47. The van der Waals surface area contributed by atoms with E-state index in [1.165, 1.54) is 12.1 Å². The molecule has 2 aliphatic rings. The molecule has 2 saturated heterocycles. The molecule has 2 atom stereocenters. The summed E-state index contributed by atoms with van der Waals surface area (Å²) >= 11 is 0. The Kier molecular flexibility index (Phi) is 6.49. The first-order valence-corrected chi connectivity index (χ1v) is 11.4. The summed E-state index contributed by atoms with van der Waals surface area (Å²) in [4.78, 5) is 16.8. The quantitative estimate of drug-likeness (QED) is 0.764. The van der Waals surface area contributed by atoms with Crippen LogP contribution in [0.1, 0.15) is 18.9 Å². The zero-order chi connectivity index (χ0) is 19.4. The largest absolute Gasteiger partial charge is 0.354 e. The van der Waals surface area contributed by atoms with Crippen LogP contribution in [0, 0.1) is 5.82 Å². The van der Waals surface area contributed by atoms with Gasteiger partial charge in [-0.25, -0.2) is 12.8 Å². The number of sulfone groups is 1. The lowest BCUT2D eigenvalue weighted by atomic mass is 10.1. The number of amides is 1. The Labute approximate surface area is 160 Å². The second kappa shape index (κ2) is 8.67. The molecule has 0 spiro atoms. The molecule has 0 aliphatic carbocycles. The minimum atomic E-state index is -2.86. The van der Waals surface area contributed by atoms with Crippen molar-refractivity contribution in [3.63, 3.8) is 0 Å². The Balaban J connectivity index is 1.40. The van der Waals surface area contributed by atoms with Gasteiger partial charge in [0, 0.05) is 38.8 Å². The molecule has 6 nitrogen and oxygen atoms in total. The predicted octanol–water partition coefficient (Wildman–Crippen LogP) is 0.678. The van der Waals surface area contributed by atoms with Crippen molar-refractivity contribution in [2.24, 2.45) is 0 Å². The number of nitrogens with one attached hydrogen (secondary N) is 1. The number of rotatable bonds is 6. The number of carbonyl (C=O) groups is 1. The molecule has 8 heteroatoms. The highest BCUT2D eigenvalue weighted by atomic mass is 32.2. The Morgan fingerprint density at radius 1 is 1.22 bits per heavy atom. The summed E-state index contributed by atoms with van der Waals surface area (Å²) in [6, 6.07) is 6.23. The number of hydrogen-bond acceptors (Lipinski definition) is 5. The summed E-state index contributed by atoms with van der Waals surface area (Å²) in [7, 11) is -2.86. The molecule has 2 aliphatic heterocycles. The van der Waals surface area contributed by atoms with Gasteiger partial charge in [0.2, 0.25) is 5.91 Å². The molecule has 3 rings (SSSR count). The van der Waals surface area contributed by atoms with Crippen LogP contribution in [-0.2, 0) is 21.1 Å². The first-order chi connectivity index (χ1) is 12.8. The molecular formula is C19H28FN3O3S. The van der Waals surface area contributed by atoms with Gasteiger partial charge in [-0.15, -0.1) is 0 Å². The monoisotopic (exact) mass is 397 g/mol. The van der Waals surface area contributed by atoms with E-state index in [-0.39, 0.29) is 29.6 Å². The van der Waals surface area contributed by atoms with Gasteiger partial charge in [-0.05, 0) is 37.5 Å². The summed E-state index contributed by atoms with van der Waals surface area (Å²) in [5.41, 5.74) is 0.990. The summed E-state index contributed by atoms with van der Waals surface area (Å²) < 4.78 is 36.2. The van der Waals surface area contributed by atoms with Crippen molar-refractivity contribution in [3.05, 3.63) is 35.6 Å². The van der Waals surface area contributed by atoms with Crippen molar-refractivity contribution >= 4 is 15.7 Å². The standard InChI is InChI=1S/C19H28FN3O3S/c1-15(19(24)21-8-6-16-2-4-17(20)5-3-16)22-9-11-23(12-10-22)18-7-13-27(25,26)14-18/h2-5,15,18H,6-14H2,1H3,(H,21,24)/t15-,18+/m1/s1. The first-order valence-electron chi connectivity index (χ1n) is 9.55. The van der Waals surface area contributed by atoms with Crippen LogP contribution in [0.3, 0.4) is 0 Å². The Bertz CT molecular complexity index is 746. The molecule has 0 aromatic heterocycles. The van der Waals surface area contributed by atoms with Crippen molar-refractivity contribution in [2.75, 3.05) is 44.2 Å². The zero-order valence-electron chi connectivity index (χ0n) is 15.7. The molecule has 0 saturated carbocycles. The number of benzene rings is 1. The van der Waals surface area contributed by atoms with Gasteiger partial charge >= 0.3 is 0 Å². The topological polar surface area (TPSA) is 69.7 Å². The zero-order valence-corrected chi connectivity index (χ0v) is 16.5. The maximum atomic E-state index is 12.9. The minimum Gasteiger partial charge on any atom is -0.354 e. The maximum absolute atomic E-state index is 12.9. The van der Waals surface area contributed by atoms with Crippen LogP contribution < -0.4 is 5.32 Å². The van der Waals surface area contributed by atoms with Crippen molar-refractivity contribution in [3.8, 4) is 0 Å². The van der Waals surface area contributed by atoms with Crippen LogP contribution in [0.4, 0.5) is 4.39 Å². The van der Waals surface area contributed by atoms with Gasteiger partial charge in [-0.2, -0.15) is 0 Å². The van der Waals surface area contributed by atoms with Crippen LogP contribution in [-0.4, -0.2) is 80.4 Å². The van der Waals surface area contributed by atoms with Crippen molar-refractivity contribution in [1.82, 2.24) is 15.1 Å². The fourth-order valence-corrected chi connectivity index (χ4v) is 5.61. The Morgan fingerprint density at radius 3 is 2.48 bits per heavy atom. The normalized spacial score (nSPS) is 24.6. The van der Waals surface area contributed by atoms with Gasteiger partial charge in [0.1, 0.15) is 5.82 Å². The van der Waals surface area contributed by atoms with E-state index in [2.05, 4.69) is 15.1 Å². The lowest BCUT2D eigenvalue weighted by Crippen LogP contribution is -2.56. The number of carbonyl (C=O) groups excluding carboxylic acids is 1. The third kappa shape index (κ3) is 5.49. The van der Waals surface area contributed by atoms with Crippen molar-refractivity contribution in [1.29, 1.82) is 0 Å². The van der Waals surface area contributed by atoms with Gasteiger partial charge < -0.3 is 5.32 Å². The average molecular weight is 398 g/mol. The van der Waals surface area contributed by atoms with Gasteiger partial charge in [0.05, 0.1) is 17.5 Å². The Hall–Kier alpha value is -1.51. The third-order valence-corrected chi connectivity index (χ3v) is 7.38.